The van der Waals surface area contributed by atoms with Crippen molar-refractivity contribution >= 4 is 81.8 Å². The molecule has 622 valence electrons. The molecule has 10 unspecified atom stereocenters. The van der Waals surface area contributed by atoms with Crippen LogP contribution in [-0.4, -0.2) is 223 Å². The number of rotatable bonds is 49. The number of methoxy groups -OCH3 is 1. The van der Waals surface area contributed by atoms with Crippen LogP contribution in [0.15, 0.2) is 107 Å². The summed E-state index contributed by atoms with van der Waals surface area (Å²) in [6.45, 7) is 18.9. The molecule has 2 saturated heterocycles. The van der Waals surface area contributed by atoms with Gasteiger partial charge in [-0.3, -0.25) is 62.8 Å². The van der Waals surface area contributed by atoms with Gasteiger partial charge in [-0.25, -0.2) is 0 Å². The van der Waals surface area contributed by atoms with E-state index in [0.29, 0.717) is 48.7 Å². The van der Waals surface area contributed by atoms with Gasteiger partial charge in [-0.15, -0.1) is 0 Å². The van der Waals surface area contributed by atoms with Crippen molar-refractivity contribution in [3.63, 3.8) is 0 Å². The number of phenolic OH excluding ortho intramolecular Hbond substituents is 1. The highest BCUT2D eigenvalue weighted by atomic mass is 16.5. The quantitative estimate of drug-likeness (QED) is 0.0172. The Balaban J connectivity index is 1.21. The van der Waals surface area contributed by atoms with Crippen LogP contribution >= 0.6 is 0 Å². The summed E-state index contributed by atoms with van der Waals surface area (Å²) < 4.78 is 12.5. The average molecular weight is 1570 g/mol. The number of primary amides is 2. The van der Waals surface area contributed by atoms with Crippen LogP contribution in [0.5, 0.6) is 5.75 Å². The minimum absolute atomic E-state index is 0.000729. The van der Waals surface area contributed by atoms with Crippen LogP contribution in [0.2, 0.25) is 0 Å². The Morgan fingerprint density at radius 2 is 1.09 bits per heavy atom. The van der Waals surface area contributed by atoms with Crippen molar-refractivity contribution in [1.82, 2.24) is 51.9 Å². The highest BCUT2D eigenvalue weighted by Gasteiger charge is 2.41. The van der Waals surface area contributed by atoms with Crippen LogP contribution < -0.4 is 71.6 Å². The first-order chi connectivity index (χ1) is 53.8. The highest BCUT2D eigenvalue weighted by Crippen LogP contribution is 2.31. The van der Waals surface area contributed by atoms with E-state index in [2.05, 4.69) is 86.7 Å². The van der Waals surface area contributed by atoms with E-state index in [0.717, 1.165) is 68.9 Å². The Bertz CT molecular complexity index is 3810. The maximum absolute atomic E-state index is 15.3. The molecule has 2 aliphatic heterocycles. The lowest BCUT2D eigenvalue weighted by Crippen LogP contribution is -2.61. The molecule has 0 aromatic heterocycles. The molecule has 20 N–H and O–H groups in total. The van der Waals surface area contributed by atoms with Crippen LogP contribution in [0.4, 0.5) is 0 Å². The topological polar surface area (TPSA) is 484 Å². The first-order valence-electron chi connectivity index (χ1n) is 39.8. The number of benzene rings is 4. The van der Waals surface area contributed by atoms with Crippen LogP contribution in [0.1, 0.15) is 161 Å². The van der Waals surface area contributed by atoms with Gasteiger partial charge in [0.1, 0.15) is 54.1 Å². The summed E-state index contributed by atoms with van der Waals surface area (Å²) in [4.78, 5) is 156. The summed E-state index contributed by atoms with van der Waals surface area (Å²) >= 11 is 0. The van der Waals surface area contributed by atoms with Crippen LogP contribution in [0.25, 0.3) is 10.8 Å². The van der Waals surface area contributed by atoms with Gasteiger partial charge in [0.15, 0.2) is 11.9 Å². The zero-order valence-corrected chi connectivity index (χ0v) is 67.4. The molecule has 2 heterocycles. The number of guanidine groups is 2. The number of nitrogens with zero attached hydrogens (tertiary/aromatic N) is 5. The lowest BCUT2D eigenvalue weighted by Gasteiger charge is -2.36. The molecular formula is C82H126N18O13. The number of phenols is 1. The molecule has 0 saturated carbocycles. The van der Waals surface area contributed by atoms with Crippen LogP contribution in [-0.2, 0) is 76.7 Å². The van der Waals surface area contributed by atoms with E-state index >= 15 is 24.0 Å². The Hall–Kier alpha value is -9.98. The summed E-state index contributed by atoms with van der Waals surface area (Å²) in [7, 11) is 1.80. The Morgan fingerprint density at radius 1 is 0.566 bits per heavy atom. The number of likely N-dealkylation sites (tertiary alicyclic amines) is 1. The van der Waals surface area contributed by atoms with Gasteiger partial charge in [-0.2, -0.15) is 0 Å². The summed E-state index contributed by atoms with van der Waals surface area (Å²) in [5.41, 5.74) is 34.5. The molecule has 2 fully saturated rings. The molecule has 113 heavy (non-hydrogen) atoms. The second-order valence-electron chi connectivity index (χ2n) is 31.2. The maximum Gasteiger partial charge on any atom is 0.245 e. The summed E-state index contributed by atoms with van der Waals surface area (Å²) in [5.74, 6) is -7.82. The number of piperazine rings is 1. The number of hydrogen-bond acceptors (Lipinski definition) is 17. The number of hydrogen-bond donors (Lipinski definition) is 14. The summed E-state index contributed by atoms with van der Waals surface area (Å²) in [6, 6.07) is 17.6. The molecule has 4 aromatic carbocycles. The number of aromatic hydroxyl groups is 1. The van der Waals surface area contributed by atoms with E-state index in [4.69, 9.17) is 43.9 Å². The number of nitrogens with two attached hydrogens (primary N) is 6. The molecule has 0 radical (unpaired) electrons. The Labute approximate surface area is 665 Å². The molecule has 31 heteroatoms. The third-order valence-corrected chi connectivity index (χ3v) is 20.9. The average Bonchev–Trinajstić information content (AvgIpc) is 1.50. The van der Waals surface area contributed by atoms with E-state index in [-0.39, 0.29) is 119 Å². The van der Waals surface area contributed by atoms with Gasteiger partial charge < -0.3 is 96.0 Å². The fourth-order valence-electron chi connectivity index (χ4n) is 14.5. The highest BCUT2D eigenvalue weighted by molar-refractivity contribution is 5.99. The van der Waals surface area contributed by atoms with E-state index in [1.54, 1.807) is 49.6 Å². The molecule has 10 atom stereocenters. The van der Waals surface area contributed by atoms with Gasteiger partial charge in [-0.1, -0.05) is 132 Å². The SMILES string of the molecule is CCCC(CC)CC(C)(CCOC(C)(C)CCCN1CCN(CC(=O)NC(Cc2ccc(O)cc2)C(=O)NC(Cc2ccc3ccccc3c2)C(=O)NC(CC(C)C)C(=O)NC(Cc2ccccc2)C(=O)NC(CCCN=C(N)N)C(=O)N2CCCC2C(=O)NC(CCCN=C(N)N)C(=O)NC(CC(N)=O)C(N)=O)CC1)OC. The van der Waals surface area contributed by atoms with E-state index < -0.39 is 114 Å². The van der Waals surface area contributed by atoms with Crippen LogP contribution in [0.3, 0.4) is 0 Å². The zero-order chi connectivity index (χ0) is 82.8. The second-order valence-corrected chi connectivity index (χ2v) is 31.2. The summed E-state index contributed by atoms with van der Waals surface area (Å²) in [6.07, 6.45) is 6.93. The first-order valence-corrected chi connectivity index (χ1v) is 39.8. The summed E-state index contributed by atoms with van der Waals surface area (Å²) in [5, 5.41) is 31.7. The molecule has 6 rings (SSSR count). The van der Waals surface area contributed by atoms with Gasteiger partial charge in [0.25, 0.3) is 0 Å². The van der Waals surface area contributed by atoms with Crippen molar-refractivity contribution < 1.29 is 62.5 Å². The molecule has 10 amide bonds. The minimum atomic E-state index is -1.51. The first kappa shape index (κ1) is 91.9. The lowest BCUT2D eigenvalue weighted by molar-refractivity contribution is -0.142. The fraction of sp³-hybridized carbons (Fsp3) is 0.585. The van der Waals surface area contributed by atoms with E-state index in [1.807, 2.05) is 61.2 Å². The largest absolute Gasteiger partial charge is 0.508 e. The molecule has 0 aliphatic carbocycles. The fourth-order valence-corrected chi connectivity index (χ4v) is 14.5. The van der Waals surface area contributed by atoms with Gasteiger partial charge >= 0.3 is 0 Å². The number of carbonyl (C=O) groups excluding carboxylic acids is 10. The van der Waals surface area contributed by atoms with Crippen molar-refractivity contribution in [2.24, 2.45) is 56.2 Å². The molecule has 2 aliphatic rings. The molecule has 0 bridgehead atoms. The Morgan fingerprint density at radius 3 is 1.66 bits per heavy atom. The number of ether oxygens (including phenoxy) is 2. The molecular weight excluding hydrogens is 1450 g/mol. The minimum Gasteiger partial charge on any atom is -0.508 e. The van der Waals surface area contributed by atoms with Crippen molar-refractivity contribution in [3.8, 4) is 5.75 Å². The number of fused-ring (bicyclic) bond motifs is 1. The normalized spacial score (nSPS) is 16.6. The van der Waals surface area contributed by atoms with Crippen molar-refractivity contribution in [2.75, 3.05) is 72.6 Å². The molecule has 4 aromatic rings. The zero-order valence-electron chi connectivity index (χ0n) is 67.4. The third kappa shape index (κ3) is 32.2. The van der Waals surface area contributed by atoms with E-state index in [1.165, 1.54) is 23.5 Å². The van der Waals surface area contributed by atoms with Crippen molar-refractivity contribution in [3.05, 3.63) is 114 Å². The van der Waals surface area contributed by atoms with Gasteiger partial charge in [0.05, 0.1) is 30.8 Å². The van der Waals surface area contributed by atoms with Gasteiger partial charge in [0, 0.05) is 72.2 Å². The molecule has 0 spiro atoms. The maximum atomic E-state index is 15.3. The van der Waals surface area contributed by atoms with Crippen molar-refractivity contribution in [1.29, 1.82) is 0 Å². The number of nitrogens with one attached hydrogen (secondary N) is 7. The lowest BCUT2D eigenvalue weighted by atomic mass is 9.85. The molecule has 31 nitrogen and oxygen atoms in total. The smallest absolute Gasteiger partial charge is 0.245 e. The standard InChI is InChI=1S/C82H126N18O13/c1-9-20-54(10-2)51-82(7,112-8)35-44-113-81(5,6)34-19-38-98-40-42-99(43-41-98)52-70(103)91-65(48-56-29-32-60(101)33-30-56)74(107)97-67(49-57-28-31-58-23-14-15-24-59(58)46-57)76(109)95-64(45-53(3)4)73(106)96-66(47-55-21-12-11-13-22-55)75(108)93-62(26-17-37-90-80(87)88)78(111)100-39-18-27-68(100)77(110)92-61(25-16-36-89-79(85)86)72(105)94-63(71(84)104)50-69(83)102/h11-15,21-24,28-33,46,53-54,61-68,101H,9-10,16-20,25-27,34-45,47-52H2,1-8H3,(H2,83,102)(H2,84,104)(H,91,103)(H,92,110)(H,93,108)(H,94,105)(H,95,109)(H,96,106)(H,97,107)(H4,85,86,89)(H4,87,88,90). The predicted molar refractivity (Wildman–Crippen MR) is 436 cm³/mol. The number of aliphatic imine (C=N–C) groups is 2. The number of carbonyl (C=O) groups is 10. The number of amides is 10. The monoisotopic (exact) mass is 1570 g/mol. The Kier molecular flexibility index (Phi) is 37.6. The predicted octanol–water partition coefficient (Wildman–Crippen LogP) is 2.68. The second kappa shape index (κ2) is 46.3. The van der Waals surface area contributed by atoms with Crippen LogP contribution in [0, 0.1) is 11.8 Å². The van der Waals surface area contributed by atoms with Gasteiger partial charge in [0.2, 0.25) is 59.1 Å². The van der Waals surface area contributed by atoms with E-state index in [9.17, 15) is 29.1 Å². The van der Waals surface area contributed by atoms with Crippen molar-refractivity contribution in [2.45, 2.75) is 224 Å². The van der Waals surface area contributed by atoms with Gasteiger partial charge in [-0.05, 0) is 149 Å². The third-order valence-electron chi connectivity index (χ3n) is 20.9.